The van der Waals surface area contributed by atoms with Crippen LogP contribution in [0.5, 0.6) is 0 Å². The minimum Gasteiger partial charge on any atom is -0.381 e. The molecule has 0 aliphatic carbocycles. The summed E-state index contributed by atoms with van der Waals surface area (Å²) in [6.45, 7) is 1.93. The Kier molecular flexibility index (Phi) is 4.34. The summed E-state index contributed by atoms with van der Waals surface area (Å²) in [4.78, 5) is 18.6. The average Bonchev–Trinajstić information content (AvgIpc) is 2.93. The van der Waals surface area contributed by atoms with Crippen LogP contribution in [-0.2, 0) is 6.42 Å². The zero-order valence-corrected chi connectivity index (χ0v) is 12.2. The van der Waals surface area contributed by atoms with E-state index < -0.39 is 5.82 Å². The van der Waals surface area contributed by atoms with Crippen LogP contribution in [0, 0.1) is 5.82 Å². The smallest absolute Gasteiger partial charge is 0.257 e. The average molecular weight is 293 g/mol. The molecule has 2 rings (SSSR count). The van der Waals surface area contributed by atoms with E-state index in [9.17, 15) is 9.18 Å². The molecule has 106 valence electrons. The van der Waals surface area contributed by atoms with Crippen molar-refractivity contribution in [3.63, 3.8) is 0 Å². The fourth-order valence-corrected chi connectivity index (χ4v) is 2.70. The fraction of sp³-hybridized carbons (Fsp3) is 0.286. The van der Waals surface area contributed by atoms with E-state index in [-0.39, 0.29) is 23.3 Å². The summed E-state index contributed by atoms with van der Waals surface area (Å²) in [6, 6.07) is 5.31. The number of pyridine rings is 1. The maximum atomic E-state index is 13.8. The summed E-state index contributed by atoms with van der Waals surface area (Å²) in [5.74, 6) is -1.40. The van der Waals surface area contributed by atoms with Gasteiger partial charge in [-0.2, -0.15) is 0 Å². The first-order chi connectivity index (χ1) is 9.50. The Morgan fingerprint density at radius 3 is 2.95 bits per heavy atom. The molecule has 0 radical (unpaired) electrons. The molecule has 0 aliphatic rings. The standard InChI is InChI=1S/C14H16FN3OS/c1-9(8-10-4-3-7-20-10)18(2)14(19)11-5-6-17-13(16)12(11)15/h3-7,9H,8H2,1-2H3,(H2,16,17). The second-order valence-electron chi connectivity index (χ2n) is 4.61. The van der Waals surface area contributed by atoms with E-state index in [2.05, 4.69) is 4.98 Å². The number of aromatic nitrogens is 1. The molecule has 0 aromatic carbocycles. The van der Waals surface area contributed by atoms with E-state index >= 15 is 0 Å². The number of nitrogens with two attached hydrogens (primary N) is 1. The van der Waals surface area contributed by atoms with Gasteiger partial charge in [-0.15, -0.1) is 11.3 Å². The van der Waals surface area contributed by atoms with Crippen LogP contribution in [0.4, 0.5) is 10.2 Å². The maximum absolute atomic E-state index is 13.8. The number of halogens is 1. The van der Waals surface area contributed by atoms with Crippen LogP contribution in [0.15, 0.2) is 29.8 Å². The second kappa shape index (κ2) is 6.00. The lowest BCUT2D eigenvalue weighted by Crippen LogP contribution is -2.36. The Bertz CT molecular complexity index is 600. The number of hydrogen-bond donors (Lipinski definition) is 1. The Labute approximate surface area is 121 Å². The number of nitrogen functional groups attached to an aromatic ring is 1. The number of nitrogens with zero attached hydrogens (tertiary/aromatic N) is 2. The Morgan fingerprint density at radius 2 is 2.30 bits per heavy atom. The number of amides is 1. The van der Waals surface area contributed by atoms with Crippen LogP contribution in [-0.4, -0.2) is 28.9 Å². The van der Waals surface area contributed by atoms with Gasteiger partial charge in [-0.1, -0.05) is 6.07 Å². The molecule has 0 fully saturated rings. The first-order valence-electron chi connectivity index (χ1n) is 6.20. The molecule has 2 heterocycles. The van der Waals surface area contributed by atoms with Crippen LogP contribution in [0.3, 0.4) is 0 Å². The van der Waals surface area contributed by atoms with Gasteiger partial charge < -0.3 is 10.6 Å². The van der Waals surface area contributed by atoms with Crippen molar-refractivity contribution in [3.8, 4) is 0 Å². The topological polar surface area (TPSA) is 59.2 Å². The summed E-state index contributed by atoms with van der Waals surface area (Å²) >= 11 is 1.64. The summed E-state index contributed by atoms with van der Waals surface area (Å²) in [6.07, 6.45) is 2.07. The van der Waals surface area contributed by atoms with Crippen molar-refractivity contribution in [1.29, 1.82) is 0 Å². The summed E-state index contributed by atoms with van der Waals surface area (Å²) in [7, 11) is 1.66. The van der Waals surface area contributed by atoms with Crippen molar-refractivity contribution in [1.82, 2.24) is 9.88 Å². The van der Waals surface area contributed by atoms with E-state index in [4.69, 9.17) is 5.73 Å². The van der Waals surface area contributed by atoms with Crippen molar-refractivity contribution in [2.45, 2.75) is 19.4 Å². The number of rotatable bonds is 4. The highest BCUT2D eigenvalue weighted by Crippen LogP contribution is 2.18. The number of anilines is 1. The van der Waals surface area contributed by atoms with Gasteiger partial charge in [0.15, 0.2) is 11.6 Å². The van der Waals surface area contributed by atoms with Gasteiger partial charge in [-0.25, -0.2) is 9.37 Å². The predicted molar refractivity (Wildman–Crippen MR) is 78.2 cm³/mol. The van der Waals surface area contributed by atoms with Crippen LogP contribution in [0.25, 0.3) is 0 Å². The molecule has 0 saturated heterocycles. The van der Waals surface area contributed by atoms with Gasteiger partial charge in [0.25, 0.3) is 5.91 Å². The highest BCUT2D eigenvalue weighted by Gasteiger charge is 2.22. The van der Waals surface area contributed by atoms with Gasteiger partial charge in [-0.3, -0.25) is 4.79 Å². The number of carbonyl (C=O) groups is 1. The van der Waals surface area contributed by atoms with Crippen LogP contribution < -0.4 is 5.73 Å². The summed E-state index contributed by atoms with van der Waals surface area (Å²) in [5.41, 5.74) is 5.35. The fourth-order valence-electron chi connectivity index (χ4n) is 1.87. The van der Waals surface area contributed by atoms with Gasteiger partial charge in [0.1, 0.15) is 0 Å². The van der Waals surface area contributed by atoms with E-state index in [1.54, 1.807) is 18.4 Å². The first-order valence-corrected chi connectivity index (χ1v) is 7.08. The molecule has 6 heteroatoms. The van der Waals surface area contributed by atoms with E-state index in [1.807, 2.05) is 24.4 Å². The van der Waals surface area contributed by atoms with E-state index in [0.29, 0.717) is 0 Å². The van der Waals surface area contributed by atoms with Crippen LogP contribution in [0.1, 0.15) is 22.2 Å². The van der Waals surface area contributed by atoms with E-state index in [1.165, 1.54) is 22.0 Å². The largest absolute Gasteiger partial charge is 0.381 e. The predicted octanol–water partition coefficient (Wildman–Crippen LogP) is 2.57. The van der Waals surface area contributed by atoms with Crippen molar-refractivity contribution < 1.29 is 9.18 Å². The molecule has 2 aromatic heterocycles. The molecule has 1 unspecified atom stereocenters. The van der Waals surface area contributed by atoms with Gasteiger partial charge in [0.2, 0.25) is 0 Å². The van der Waals surface area contributed by atoms with Crippen molar-refractivity contribution >= 4 is 23.1 Å². The molecule has 0 aliphatic heterocycles. The number of hydrogen-bond acceptors (Lipinski definition) is 4. The normalized spacial score (nSPS) is 12.2. The van der Waals surface area contributed by atoms with Crippen molar-refractivity contribution in [2.24, 2.45) is 0 Å². The molecule has 0 saturated carbocycles. The Balaban J connectivity index is 2.13. The molecule has 2 N–H and O–H groups in total. The Hall–Kier alpha value is -1.95. The van der Waals surface area contributed by atoms with Crippen LogP contribution >= 0.6 is 11.3 Å². The quantitative estimate of drug-likeness (QED) is 0.942. The minimum atomic E-state index is -0.757. The third kappa shape index (κ3) is 2.96. The highest BCUT2D eigenvalue weighted by molar-refractivity contribution is 7.09. The molecule has 1 amide bonds. The second-order valence-corrected chi connectivity index (χ2v) is 5.64. The molecule has 0 bridgehead atoms. The third-order valence-electron chi connectivity index (χ3n) is 3.20. The van der Waals surface area contributed by atoms with Gasteiger partial charge in [-0.05, 0) is 24.4 Å². The zero-order valence-electron chi connectivity index (χ0n) is 11.3. The SMILES string of the molecule is CC(Cc1cccs1)N(C)C(=O)c1ccnc(N)c1F. The Morgan fingerprint density at radius 1 is 1.55 bits per heavy atom. The third-order valence-corrected chi connectivity index (χ3v) is 4.10. The number of carbonyl (C=O) groups excluding carboxylic acids is 1. The summed E-state index contributed by atoms with van der Waals surface area (Å²) in [5, 5.41) is 1.99. The lowest BCUT2D eigenvalue weighted by Gasteiger charge is -2.25. The number of thiophene rings is 1. The van der Waals surface area contributed by atoms with Gasteiger partial charge >= 0.3 is 0 Å². The number of likely N-dealkylation sites (N-methyl/N-ethyl adjacent to an activating group) is 1. The van der Waals surface area contributed by atoms with Gasteiger partial charge in [0.05, 0.1) is 5.56 Å². The van der Waals surface area contributed by atoms with Crippen molar-refractivity contribution in [2.75, 3.05) is 12.8 Å². The van der Waals surface area contributed by atoms with Crippen molar-refractivity contribution in [3.05, 3.63) is 46.0 Å². The lowest BCUT2D eigenvalue weighted by atomic mass is 10.1. The summed E-state index contributed by atoms with van der Waals surface area (Å²) < 4.78 is 13.8. The molecule has 1 atom stereocenters. The highest BCUT2D eigenvalue weighted by atomic mass is 32.1. The molecule has 0 spiro atoms. The van der Waals surface area contributed by atoms with Gasteiger partial charge in [0, 0.05) is 30.6 Å². The molecule has 4 nitrogen and oxygen atoms in total. The molecular formula is C14H16FN3OS. The molecule has 20 heavy (non-hydrogen) atoms. The van der Waals surface area contributed by atoms with E-state index in [0.717, 1.165) is 6.42 Å². The first kappa shape index (κ1) is 14.5. The zero-order chi connectivity index (χ0) is 14.7. The minimum absolute atomic E-state index is 0.0325. The molecular weight excluding hydrogens is 277 g/mol. The maximum Gasteiger partial charge on any atom is 0.257 e. The monoisotopic (exact) mass is 293 g/mol. The lowest BCUT2D eigenvalue weighted by molar-refractivity contribution is 0.0739. The molecule has 2 aromatic rings. The van der Waals surface area contributed by atoms with Crippen LogP contribution in [0.2, 0.25) is 0 Å².